The van der Waals surface area contributed by atoms with Crippen molar-refractivity contribution < 1.29 is 4.74 Å². The lowest BCUT2D eigenvalue weighted by molar-refractivity contribution is 0.0539. The highest BCUT2D eigenvalue weighted by Gasteiger charge is 2.25. The van der Waals surface area contributed by atoms with Gasteiger partial charge in [-0.05, 0) is 64.9 Å². The van der Waals surface area contributed by atoms with Crippen molar-refractivity contribution in [1.29, 1.82) is 0 Å². The van der Waals surface area contributed by atoms with Gasteiger partial charge in [-0.3, -0.25) is 0 Å². The van der Waals surface area contributed by atoms with E-state index in [0.29, 0.717) is 6.04 Å². The van der Waals surface area contributed by atoms with Crippen LogP contribution >= 0.6 is 33.9 Å². The van der Waals surface area contributed by atoms with Crippen molar-refractivity contribution in [2.24, 2.45) is 5.92 Å². The van der Waals surface area contributed by atoms with Gasteiger partial charge in [0, 0.05) is 19.3 Å². The molecule has 1 aliphatic rings. The van der Waals surface area contributed by atoms with Crippen LogP contribution in [-0.2, 0) is 4.74 Å². The van der Waals surface area contributed by atoms with Gasteiger partial charge in [0.05, 0.1) is 2.88 Å². The quantitative estimate of drug-likeness (QED) is 0.840. The van der Waals surface area contributed by atoms with E-state index in [1.807, 2.05) is 11.3 Å². The van der Waals surface area contributed by atoms with Crippen LogP contribution in [0, 0.1) is 8.80 Å². The summed E-state index contributed by atoms with van der Waals surface area (Å²) in [6.45, 7) is 5.07. The van der Waals surface area contributed by atoms with Crippen molar-refractivity contribution in [3.63, 3.8) is 0 Å². The van der Waals surface area contributed by atoms with E-state index in [-0.39, 0.29) is 0 Å². The lowest BCUT2D eigenvalue weighted by Crippen LogP contribution is -2.31. The zero-order valence-electron chi connectivity index (χ0n) is 9.54. The van der Waals surface area contributed by atoms with Crippen LogP contribution in [0.1, 0.15) is 31.4 Å². The maximum Gasteiger partial charge on any atom is 0.0656 e. The SMILES string of the molecule is CCNC(c1csc(I)c1)C1CCOCC1. The lowest BCUT2D eigenvalue weighted by atomic mass is 9.88. The molecule has 1 unspecified atom stereocenters. The Balaban J connectivity index is 2.09. The van der Waals surface area contributed by atoms with Crippen LogP contribution in [0.25, 0.3) is 0 Å². The molecule has 4 heteroatoms. The van der Waals surface area contributed by atoms with Crippen molar-refractivity contribution in [3.05, 3.63) is 19.9 Å². The molecular formula is C12H18INOS. The number of halogens is 1. The number of nitrogens with one attached hydrogen (secondary N) is 1. The van der Waals surface area contributed by atoms with Crippen LogP contribution in [0.5, 0.6) is 0 Å². The highest BCUT2D eigenvalue weighted by molar-refractivity contribution is 14.1. The molecule has 1 aromatic rings. The minimum atomic E-state index is 0.522. The van der Waals surface area contributed by atoms with E-state index in [4.69, 9.17) is 4.74 Å². The van der Waals surface area contributed by atoms with Crippen LogP contribution in [0.2, 0.25) is 0 Å². The summed E-state index contributed by atoms with van der Waals surface area (Å²) in [4.78, 5) is 0. The van der Waals surface area contributed by atoms with E-state index in [1.54, 1.807) is 0 Å². The van der Waals surface area contributed by atoms with Crippen molar-refractivity contribution in [2.45, 2.75) is 25.8 Å². The molecule has 2 rings (SSSR count). The van der Waals surface area contributed by atoms with Gasteiger partial charge >= 0.3 is 0 Å². The average Bonchev–Trinajstić information content (AvgIpc) is 2.74. The molecule has 1 aliphatic heterocycles. The largest absolute Gasteiger partial charge is 0.381 e. The molecule has 2 heterocycles. The Kier molecular flexibility index (Phi) is 5.06. The molecule has 0 aliphatic carbocycles. The maximum absolute atomic E-state index is 5.44. The van der Waals surface area contributed by atoms with Crippen LogP contribution in [0.3, 0.4) is 0 Å². The molecule has 2 nitrogen and oxygen atoms in total. The summed E-state index contributed by atoms with van der Waals surface area (Å²) in [6.07, 6.45) is 2.37. The lowest BCUT2D eigenvalue weighted by Gasteiger charge is -2.30. The zero-order valence-corrected chi connectivity index (χ0v) is 12.5. The van der Waals surface area contributed by atoms with Gasteiger partial charge < -0.3 is 10.1 Å². The number of hydrogen-bond acceptors (Lipinski definition) is 3. The Hall–Kier alpha value is 0.350. The van der Waals surface area contributed by atoms with Gasteiger partial charge in [0.1, 0.15) is 0 Å². The number of thiophene rings is 1. The third kappa shape index (κ3) is 3.18. The third-order valence-corrected chi connectivity index (χ3v) is 4.92. The average molecular weight is 351 g/mol. The molecule has 0 saturated carbocycles. The van der Waals surface area contributed by atoms with Crippen LogP contribution < -0.4 is 5.32 Å². The van der Waals surface area contributed by atoms with Gasteiger partial charge in [-0.2, -0.15) is 0 Å². The molecule has 1 aromatic heterocycles. The van der Waals surface area contributed by atoms with Gasteiger partial charge in [0.15, 0.2) is 0 Å². The highest BCUT2D eigenvalue weighted by atomic mass is 127. The Labute approximate surface area is 115 Å². The number of ether oxygens (including phenoxy) is 1. The minimum Gasteiger partial charge on any atom is -0.381 e. The Morgan fingerprint density at radius 3 is 2.88 bits per heavy atom. The predicted octanol–water partition coefficient (Wildman–Crippen LogP) is 3.43. The van der Waals surface area contributed by atoms with Crippen molar-refractivity contribution in [3.8, 4) is 0 Å². The summed E-state index contributed by atoms with van der Waals surface area (Å²) in [5.41, 5.74) is 1.46. The van der Waals surface area contributed by atoms with Gasteiger partial charge in [0.2, 0.25) is 0 Å². The summed E-state index contributed by atoms with van der Waals surface area (Å²) >= 11 is 4.24. The van der Waals surface area contributed by atoms with E-state index in [0.717, 1.165) is 25.7 Å². The first-order valence-corrected chi connectivity index (χ1v) is 7.82. The summed E-state index contributed by atoms with van der Waals surface area (Å²) in [5, 5.41) is 5.93. The predicted molar refractivity (Wildman–Crippen MR) is 77.0 cm³/mol. The molecule has 1 saturated heterocycles. The van der Waals surface area contributed by atoms with Crippen molar-refractivity contribution in [2.75, 3.05) is 19.8 Å². The highest BCUT2D eigenvalue weighted by Crippen LogP contribution is 2.32. The standard InChI is InChI=1S/C12H18INOS/c1-2-14-12(9-3-5-15-6-4-9)10-7-11(13)16-8-10/h7-9,12,14H,2-6H2,1H3. The molecule has 1 N–H and O–H groups in total. The monoisotopic (exact) mass is 351 g/mol. The minimum absolute atomic E-state index is 0.522. The molecular weight excluding hydrogens is 333 g/mol. The third-order valence-electron chi connectivity index (χ3n) is 3.11. The second kappa shape index (κ2) is 6.33. The Morgan fingerprint density at radius 2 is 2.31 bits per heavy atom. The topological polar surface area (TPSA) is 21.3 Å². The molecule has 16 heavy (non-hydrogen) atoms. The van der Waals surface area contributed by atoms with E-state index < -0.39 is 0 Å². The fraction of sp³-hybridized carbons (Fsp3) is 0.667. The molecule has 0 radical (unpaired) electrons. The van der Waals surface area contributed by atoms with Gasteiger partial charge in [-0.15, -0.1) is 11.3 Å². The molecule has 90 valence electrons. The summed E-state index contributed by atoms with van der Waals surface area (Å²) in [7, 11) is 0. The van der Waals surface area contributed by atoms with E-state index >= 15 is 0 Å². The first-order chi connectivity index (χ1) is 7.81. The normalized spacial score (nSPS) is 19.9. The van der Waals surface area contributed by atoms with Gasteiger partial charge in [0.25, 0.3) is 0 Å². The first-order valence-electron chi connectivity index (χ1n) is 5.86. The summed E-state index contributed by atoms with van der Waals surface area (Å²) in [5.74, 6) is 0.735. The van der Waals surface area contributed by atoms with E-state index in [9.17, 15) is 0 Å². The van der Waals surface area contributed by atoms with E-state index in [2.05, 4.69) is 46.3 Å². The van der Waals surface area contributed by atoms with Gasteiger partial charge in [-0.1, -0.05) is 6.92 Å². The summed E-state index contributed by atoms with van der Waals surface area (Å²) < 4.78 is 6.82. The molecule has 0 aromatic carbocycles. The van der Waals surface area contributed by atoms with Crippen molar-refractivity contribution >= 4 is 33.9 Å². The summed E-state index contributed by atoms with van der Waals surface area (Å²) in [6, 6.07) is 2.84. The van der Waals surface area contributed by atoms with Crippen LogP contribution in [-0.4, -0.2) is 19.8 Å². The smallest absolute Gasteiger partial charge is 0.0656 e. The Bertz CT molecular complexity index is 323. The maximum atomic E-state index is 5.44. The second-order valence-corrected chi connectivity index (χ2v) is 6.97. The molecule has 0 bridgehead atoms. The molecule has 1 atom stereocenters. The second-order valence-electron chi connectivity index (χ2n) is 4.17. The molecule has 0 amide bonds. The first kappa shape index (κ1) is 12.8. The zero-order chi connectivity index (χ0) is 11.4. The van der Waals surface area contributed by atoms with Gasteiger partial charge in [-0.25, -0.2) is 0 Å². The molecule has 0 spiro atoms. The van der Waals surface area contributed by atoms with Crippen LogP contribution in [0.15, 0.2) is 11.4 Å². The fourth-order valence-corrected chi connectivity index (χ4v) is 3.72. The number of rotatable bonds is 4. The fourth-order valence-electron chi connectivity index (χ4n) is 2.31. The van der Waals surface area contributed by atoms with E-state index in [1.165, 1.54) is 21.3 Å². The Morgan fingerprint density at radius 1 is 1.56 bits per heavy atom. The van der Waals surface area contributed by atoms with Crippen molar-refractivity contribution in [1.82, 2.24) is 5.32 Å². The van der Waals surface area contributed by atoms with Crippen LogP contribution in [0.4, 0.5) is 0 Å². The molecule has 1 fully saturated rings. The number of hydrogen-bond donors (Lipinski definition) is 1.